The number of halogens is 1. The quantitative estimate of drug-likeness (QED) is 0.695. The molecule has 0 aliphatic rings. The normalized spacial score (nSPS) is 10.1. The van der Waals surface area contributed by atoms with Gasteiger partial charge in [-0.25, -0.2) is 4.39 Å². The van der Waals surface area contributed by atoms with Crippen molar-refractivity contribution in [3.05, 3.63) is 90.2 Å². The fourth-order valence-electron chi connectivity index (χ4n) is 2.36. The number of ether oxygens (including phenoxy) is 1. The molecule has 2 amide bonds. The molecule has 0 aromatic heterocycles. The largest absolute Gasteiger partial charge is 0.457 e. The predicted octanol–water partition coefficient (Wildman–Crippen LogP) is 3.99. The molecule has 0 spiro atoms. The number of nitrogens with one attached hydrogen (secondary N) is 2. The number of anilines is 1. The highest BCUT2D eigenvalue weighted by Gasteiger charge is 2.09. The SMILES string of the molecule is O=C(CNC(=O)c1cccc(F)c1)Nc1cccc(Oc2ccccc2)c1. The smallest absolute Gasteiger partial charge is 0.251 e. The van der Waals surface area contributed by atoms with Gasteiger partial charge in [0.15, 0.2) is 0 Å². The van der Waals surface area contributed by atoms with Crippen LogP contribution in [0, 0.1) is 5.82 Å². The van der Waals surface area contributed by atoms with Gasteiger partial charge in [0.2, 0.25) is 5.91 Å². The Morgan fingerprint density at radius 3 is 2.37 bits per heavy atom. The maximum Gasteiger partial charge on any atom is 0.251 e. The fourth-order valence-corrected chi connectivity index (χ4v) is 2.36. The van der Waals surface area contributed by atoms with Gasteiger partial charge >= 0.3 is 0 Å². The Hall–Kier alpha value is -3.67. The van der Waals surface area contributed by atoms with E-state index in [2.05, 4.69) is 10.6 Å². The molecule has 27 heavy (non-hydrogen) atoms. The van der Waals surface area contributed by atoms with Crippen LogP contribution >= 0.6 is 0 Å². The van der Waals surface area contributed by atoms with Crippen molar-refractivity contribution in [3.63, 3.8) is 0 Å². The zero-order valence-corrected chi connectivity index (χ0v) is 14.3. The van der Waals surface area contributed by atoms with Gasteiger partial charge in [0, 0.05) is 17.3 Å². The molecule has 0 aliphatic heterocycles. The van der Waals surface area contributed by atoms with Crippen LogP contribution in [0.5, 0.6) is 11.5 Å². The number of amides is 2. The van der Waals surface area contributed by atoms with Gasteiger partial charge in [0.1, 0.15) is 17.3 Å². The van der Waals surface area contributed by atoms with Crippen LogP contribution in [0.2, 0.25) is 0 Å². The van der Waals surface area contributed by atoms with Crippen molar-refractivity contribution in [3.8, 4) is 11.5 Å². The lowest BCUT2D eigenvalue weighted by Gasteiger charge is -2.09. The molecule has 5 nitrogen and oxygen atoms in total. The molecule has 0 saturated heterocycles. The van der Waals surface area contributed by atoms with E-state index in [1.165, 1.54) is 18.2 Å². The average Bonchev–Trinajstić information content (AvgIpc) is 2.67. The van der Waals surface area contributed by atoms with Crippen LogP contribution in [0.25, 0.3) is 0 Å². The molecule has 3 aromatic carbocycles. The second-order valence-electron chi connectivity index (χ2n) is 5.68. The maximum atomic E-state index is 13.1. The number of hydrogen-bond donors (Lipinski definition) is 2. The van der Waals surface area contributed by atoms with E-state index in [0.717, 1.165) is 6.07 Å². The molecular formula is C21H17FN2O3. The third-order valence-electron chi connectivity index (χ3n) is 3.59. The van der Waals surface area contributed by atoms with E-state index < -0.39 is 17.6 Å². The number of para-hydroxylation sites is 1. The topological polar surface area (TPSA) is 67.4 Å². The number of benzene rings is 3. The lowest BCUT2D eigenvalue weighted by atomic mass is 10.2. The molecule has 0 bridgehead atoms. The molecule has 0 radical (unpaired) electrons. The van der Waals surface area contributed by atoms with Crippen molar-refractivity contribution in [1.29, 1.82) is 0 Å². The second kappa shape index (κ2) is 8.62. The van der Waals surface area contributed by atoms with Gasteiger partial charge in [0.25, 0.3) is 5.91 Å². The molecule has 3 rings (SSSR count). The lowest BCUT2D eigenvalue weighted by Crippen LogP contribution is -2.32. The first-order valence-electron chi connectivity index (χ1n) is 8.27. The Morgan fingerprint density at radius 1 is 0.852 bits per heavy atom. The van der Waals surface area contributed by atoms with Gasteiger partial charge in [-0.1, -0.05) is 30.3 Å². The van der Waals surface area contributed by atoms with E-state index in [-0.39, 0.29) is 12.1 Å². The highest BCUT2D eigenvalue weighted by atomic mass is 19.1. The van der Waals surface area contributed by atoms with Crippen LogP contribution < -0.4 is 15.4 Å². The van der Waals surface area contributed by atoms with Gasteiger partial charge in [-0.3, -0.25) is 9.59 Å². The number of rotatable bonds is 6. The molecule has 0 unspecified atom stereocenters. The first-order chi connectivity index (χ1) is 13.1. The summed E-state index contributed by atoms with van der Waals surface area (Å²) >= 11 is 0. The molecule has 0 fully saturated rings. The van der Waals surface area contributed by atoms with Crippen molar-refractivity contribution < 1.29 is 18.7 Å². The van der Waals surface area contributed by atoms with Gasteiger partial charge < -0.3 is 15.4 Å². The monoisotopic (exact) mass is 364 g/mol. The third-order valence-corrected chi connectivity index (χ3v) is 3.59. The van der Waals surface area contributed by atoms with Crippen molar-refractivity contribution in [2.75, 3.05) is 11.9 Å². The van der Waals surface area contributed by atoms with Gasteiger partial charge in [-0.05, 0) is 42.5 Å². The number of carbonyl (C=O) groups is 2. The summed E-state index contributed by atoms with van der Waals surface area (Å²) in [6, 6.07) is 21.4. The van der Waals surface area contributed by atoms with Crippen molar-refractivity contribution in [2.45, 2.75) is 0 Å². The van der Waals surface area contributed by atoms with Crippen molar-refractivity contribution in [1.82, 2.24) is 5.32 Å². The van der Waals surface area contributed by atoms with Crippen LogP contribution in [0.3, 0.4) is 0 Å². The minimum atomic E-state index is -0.522. The number of hydrogen-bond acceptors (Lipinski definition) is 3. The van der Waals surface area contributed by atoms with Gasteiger partial charge in [0.05, 0.1) is 6.54 Å². The molecule has 0 aliphatic carbocycles. The Balaban J connectivity index is 1.55. The summed E-state index contributed by atoms with van der Waals surface area (Å²) in [5, 5.41) is 5.13. The predicted molar refractivity (Wildman–Crippen MR) is 100 cm³/mol. The van der Waals surface area contributed by atoms with Gasteiger partial charge in [-0.15, -0.1) is 0 Å². The third kappa shape index (κ3) is 5.40. The van der Waals surface area contributed by atoms with E-state index >= 15 is 0 Å². The molecule has 3 aromatic rings. The maximum absolute atomic E-state index is 13.1. The summed E-state index contributed by atoms with van der Waals surface area (Å²) in [5.74, 6) is -0.184. The highest BCUT2D eigenvalue weighted by molar-refractivity contribution is 5.99. The Kier molecular flexibility index (Phi) is 5.79. The molecule has 2 N–H and O–H groups in total. The van der Waals surface area contributed by atoms with E-state index in [1.54, 1.807) is 24.3 Å². The number of carbonyl (C=O) groups excluding carboxylic acids is 2. The molecule has 6 heteroatoms. The van der Waals surface area contributed by atoms with E-state index in [9.17, 15) is 14.0 Å². The summed E-state index contributed by atoms with van der Waals surface area (Å²) in [6.45, 7) is -0.237. The summed E-state index contributed by atoms with van der Waals surface area (Å²) < 4.78 is 18.8. The lowest BCUT2D eigenvalue weighted by molar-refractivity contribution is -0.115. The zero-order valence-electron chi connectivity index (χ0n) is 14.3. The standard InChI is InChI=1S/C21H17FN2O3/c22-16-7-4-6-15(12-16)21(26)23-14-20(25)24-17-8-5-11-19(13-17)27-18-9-2-1-3-10-18/h1-13H,14H2,(H,23,26)(H,24,25). The van der Waals surface area contributed by atoms with Crippen molar-refractivity contribution >= 4 is 17.5 Å². The fraction of sp³-hybridized carbons (Fsp3) is 0.0476. The van der Waals surface area contributed by atoms with E-state index in [4.69, 9.17) is 4.74 Å². The Morgan fingerprint density at radius 2 is 1.59 bits per heavy atom. The van der Waals surface area contributed by atoms with E-state index in [0.29, 0.717) is 17.2 Å². The van der Waals surface area contributed by atoms with Crippen LogP contribution in [-0.4, -0.2) is 18.4 Å². The molecular weight excluding hydrogens is 347 g/mol. The summed E-state index contributed by atoms with van der Waals surface area (Å²) in [5.41, 5.74) is 0.689. The molecule has 0 heterocycles. The van der Waals surface area contributed by atoms with Crippen LogP contribution in [0.1, 0.15) is 10.4 Å². The van der Waals surface area contributed by atoms with Crippen molar-refractivity contribution in [2.24, 2.45) is 0 Å². The van der Waals surface area contributed by atoms with E-state index in [1.807, 2.05) is 30.3 Å². The zero-order chi connectivity index (χ0) is 19.1. The minimum absolute atomic E-state index is 0.154. The first kappa shape index (κ1) is 18.1. The summed E-state index contributed by atoms with van der Waals surface area (Å²) in [6.07, 6.45) is 0. The first-order valence-corrected chi connectivity index (χ1v) is 8.27. The van der Waals surface area contributed by atoms with Crippen LogP contribution in [0.15, 0.2) is 78.9 Å². The van der Waals surface area contributed by atoms with Crippen LogP contribution in [0.4, 0.5) is 10.1 Å². The Labute approximate surface area is 155 Å². The summed E-state index contributed by atoms with van der Waals surface area (Å²) in [4.78, 5) is 24.0. The molecule has 0 atom stereocenters. The second-order valence-corrected chi connectivity index (χ2v) is 5.68. The minimum Gasteiger partial charge on any atom is -0.457 e. The average molecular weight is 364 g/mol. The molecule has 136 valence electrons. The molecule has 0 saturated carbocycles. The van der Waals surface area contributed by atoms with Crippen LogP contribution in [-0.2, 0) is 4.79 Å². The summed E-state index contributed by atoms with van der Waals surface area (Å²) in [7, 11) is 0. The highest BCUT2D eigenvalue weighted by Crippen LogP contribution is 2.23. The van der Waals surface area contributed by atoms with Gasteiger partial charge in [-0.2, -0.15) is 0 Å². The Bertz CT molecular complexity index is 945.